The van der Waals surface area contributed by atoms with Crippen molar-refractivity contribution in [3.8, 4) is 0 Å². The second-order valence-electron chi connectivity index (χ2n) is 7.08. The largest absolute Gasteiger partial charge is 0.353 e. The molecule has 4 atom stereocenters. The zero-order valence-electron chi connectivity index (χ0n) is 13.2. The van der Waals surface area contributed by atoms with E-state index in [0.717, 1.165) is 25.7 Å². The number of nitrogens with two attached hydrogens (primary N) is 1. The van der Waals surface area contributed by atoms with Gasteiger partial charge >= 0.3 is 0 Å². The minimum absolute atomic E-state index is 0.187. The van der Waals surface area contributed by atoms with Gasteiger partial charge in [0.2, 0.25) is 5.91 Å². The van der Waals surface area contributed by atoms with E-state index in [-0.39, 0.29) is 5.92 Å². The van der Waals surface area contributed by atoms with Crippen molar-refractivity contribution in [1.82, 2.24) is 5.32 Å². The zero-order valence-corrected chi connectivity index (χ0v) is 13.2. The van der Waals surface area contributed by atoms with Crippen LogP contribution < -0.4 is 11.1 Å². The number of amides is 1. The Hall–Kier alpha value is -0.570. The molecule has 2 rings (SSSR count). The third kappa shape index (κ3) is 3.97. The van der Waals surface area contributed by atoms with Gasteiger partial charge in [-0.1, -0.05) is 33.1 Å². The lowest BCUT2D eigenvalue weighted by molar-refractivity contribution is -0.128. The Bertz CT molecular complexity index is 312. The van der Waals surface area contributed by atoms with Gasteiger partial charge in [-0.25, -0.2) is 0 Å². The molecule has 2 aliphatic carbocycles. The molecule has 20 heavy (non-hydrogen) atoms. The van der Waals surface area contributed by atoms with Crippen LogP contribution in [0.15, 0.2) is 0 Å². The summed E-state index contributed by atoms with van der Waals surface area (Å²) in [6, 6.07) is 0.694. The van der Waals surface area contributed by atoms with E-state index >= 15 is 0 Å². The predicted molar refractivity (Wildman–Crippen MR) is 83.3 cm³/mol. The summed E-state index contributed by atoms with van der Waals surface area (Å²) in [5, 5.41) is 3.37. The summed E-state index contributed by atoms with van der Waals surface area (Å²) in [4.78, 5) is 12.6. The zero-order chi connectivity index (χ0) is 14.5. The van der Waals surface area contributed by atoms with E-state index in [1.165, 1.54) is 32.1 Å². The average molecular weight is 280 g/mol. The second-order valence-corrected chi connectivity index (χ2v) is 7.08. The molecule has 0 heterocycles. The van der Waals surface area contributed by atoms with Gasteiger partial charge in [-0.05, 0) is 50.4 Å². The average Bonchev–Trinajstić information content (AvgIpc) is 2.45. The molecule has 0 aliphatic heterocycles. The molecule has 3 N–H and O–H groups in total. The third-order valence-corrected chi connectivity index (χ3v) is 5.53. The van der Waals surface area contributed by atoms with Crippen molar-refractivity contribution in [2.75, 3.05) is 0 Å². The van der Waals surface area contributed by atoms with Crippen molar-refractivity contribution in [3.63, 3.8) is 0 Å². The fourth-order valence-electron chi connectivity index (χ4n) is 4.21. The second kappa shape index (κ2) is 7.44. The first-order valence-electron chi connectivity index (χ1n) is 8.67. The van der Waals surface area contributed by atoms with E-state index < -0.39 is 0 Å². The van der Waals surface area contributed by atoms with Crippen LogP contribution in [0.3, 0.4) is 0 Å². The summed E-state index contributed by atoms with van der Waals surface area (Å²) in [5.41, 5.74) is 6.00. The Morgan fingerprint density at radius 3 is 2.50 bits per heavy atom. The van der Waals surface area contributed by atoms with Crippen LogP contribution in [-0.2, 0) is 4.79 Å². The molecule has 0 bridgehead atoms. The first-order chi connectivity index (χ1) is 9.61. The van der Waals surface area contributed by atoms with E-state index in [1.54, 1.807) is 0 Å². The SMILES string of the molecule is CCC(NC(=O)C1CCC(N)CC1C)C1CCCCC1. The van der Waals surface area contributed by atoms with Gasteiger partial charge in [-0.15, -0.1) is 0 Å². The molecule has 0 aromatic rings. The number of nitrogens with one attached hydrogen (secondary N) is 1. The van der Waals surface area contributed by atoms with E-state index in [9.17, 15) is 4.79 Å². The minimum Gasteiger partial charge on any atom is -0.353 e. The van der Waals surface area contributed by atoms with Crippen LogP contribution in [0.5, 0.6) is 0 Å². The number of rotatable bonds is 4. The topological polar surface area (TPSA) is 55.1 Å². The molecule has 3 nitrogen and oxygen atoms in total. The van der Waals surface area contributed by atoms with Gasteiger partial charge in [0.1, 0.15) is 0 Å². The Morgan fingerprint density at radius 2 is 1.90 bits per heavy atom. The third-order valence-electron chi connectivity index (χ3n) is 5.53. The summed E-state index contributed by atoms with van der Waals surface area (Å²) in [5.74, 6) is 1.62. The van der Waals surface area contributed by atoms with Crippen molar-refractivity contribution in [2.45, 2.75) is 83.7 Å². The van der Waals surface area contributed by atoms with Crippen molar-refractivity contribution in [3.05, 3.63) is 0 Å². The molecule has 3 heteroatoms. The molecule has 2 aliphatic rings. The van der Waals surface area contributed by atoms with Gasteiger partial charge in [0.15, 0.2) is 0 Å². The van der Waals surface area contributed by atoms with Crippen molar-refractivity contribution >= 4 is 5.91 Å². The van der Waals surface area contributed by atoms with Crippen LogP contribution in [0.4, 0.5) is 0 Å². The van der Waals surface area contributed by atoms with Gasteiger partial charge < -0.3 is 11.1 Å². The smallest absolute Gasteiger partial charge is 0.223 e. The minimum atomic E-state index is 0.187. The fraction of sp³-hybridized carbons (Fsp3) is 0.941. The molecule has 0 aromatic heterocycles. The highest BCUT2D eigenvalue weighted by Gasteiger charge is 2.33. The van der Waals surface area contributed by atoms with Crippen molar-refractivity contribution in [2.24, 2.45) is 23.5 Å². The lowest BCUT2D eigenvalue weighted by Gasteiger charge is -2.35. The van der Waals surface area contributed by atoms with Crippen LogP contribution in [-0.4, -0.2) is 18.0 Å². The number of hydrogen-bond acceptors (Lipinski definition) is 2. The van der Waals surface area contributed by atoms with Crippen LogP contribution in [0.25, 0.3) is 0 Å². The monoisotopic (exact) mass is 280 g/mol. The Balaban J connectivity index is 1.88. The highest BCUT2D eigenvalue weighted by Crippen LogP contribution is 2.31. The van der Waals surface area contributed by atoms with Crippen molar-refractivity contribution in [1.29, 1.82) is 0 Å². The van der Waals surface area contributed by atoms with Crippen LogP contribution in [0.2, 0.25) is 0 Å². The van der Waals surface area contributed by atoms with E-state index in [0.29, 0.717) is 29.8 Å². The quantitative estimate of drug-likeness (QED) is 0.830. The number of carbonyl (C=O) groups is 1. The molecule has 2 saturated carbocycles. The molecule has 0 saturated heterocycles. The van der Waals surface area contributed by atoms with E-state index in [4.69, 9.17) is 5.73 Å². The standard InChI is InChI=1S/C17H32N2O/c1-3-16(13-7-5-4-6-8-13)19-17(20)15-10-9-14(18)11-12(15)2/h12-16H,3-11,18H2,1-2H3,(H,19,20). The molecule has 0 spiro atoms. The van der Waals surface area contributed by atoms with Crippen LogP contribution in [0, 0.1) is 17.8 Å². The first kappa shape index (κ1) is 15.8. The van der Waals surface area contributed by atoms with Gasteiger partial charge in [0.25, 0.3) is 0 Å². The molecule has 0 radical (unpaired) electrons. The molecular formula is C17H32N2O. The van der Waals surface area contributed by atoms with E-state index in [2.05, 4.69) is 19.2 Å². The number of carbonyl (C=O) groups excluding carboxylic acids is 1. The maximum Gasteiger partial charge on any atom is 0.223 e. The highest BCUT2D eigenvalue weighted by molar-refractivity contribution is 5.79. The summed E-state index contributed by atoms with van der Waals surface area (Å²) in [6.07, 6.45) is 10.7. The number of hydrogen-bond donors (Lipinski definition) is 2. The van der Waals surface area contributed by atoms with Gasteiger partial charge in [-0.3, -0.25) is 4.79 Å². The van der Waals surface area contributed by atoms with Gasteiger partial charge in [0.05, 0.1) is 0 Å². The first-order valence-corrected chi connectivity index (χ1v) is 8.67. The van der Waals surface area contributed by atoms with E-state index in [1.807, 2.05) is 0 Å². The Kier molecular flexibility index (Phi) is 5.88. The normalized spacial score (nSPS) is 33.6. The molecule has 2 fully saturated rings. The molecule has 4 unspecified atom stereocenters. The predicted octanol–water partition coefficient (Wildman–Crippen LogP) is 3.23. The molecular weight excluding hydrogens is 248 g/mol. The summed E-state index contributed by atoms with van der Waals surface area (Å²) in [6.45, 7) is 4.39. The summed E-state index contributed by atoms with van der Waals surface area (Å²) < 4.78 is 0. The molecule has 116 valence electrons. The lowest BCUT2D eigenvalue weighted by Crippen LogP contribution is -2.47. The molecule has 1 amide bonds. The maximum atomic E-state index is 12.6. The summed E-state index contributed by atoms with van der Waals surface area (Å²) >= 11 is 0. The van der Waals surface area contributed by atoms with Gasteiger partial charge in [-0.2, -0.15) is 0 Å². The van der Waals surface area contributed by atoms with Crippen LogP contribution in [0.1, 0.15) is 71.6 Å². The Morgan fingerprint density at radius 1 is 1.20 bits per heavy atom. The lowest BCUT2D eigenvalue weighted by atomic mass is 9.77. The Labute approximate surface area is 124 Å². The summed E-state index contributed by atoms with van der Waals surface area (Å²) in [7, 11) is 0. The molecule has 0 aromatic carbocycles. The highest BCUT2D eigenvalue weighted by atomic mass is 16.2. The van der Waals surface area contributed by atoms with Crippen LogP contribution >= 0.6 is 0 Å². The van der Waals surface area contributed by atoms with Crippen molar-refractivity contribution < 1.29 is 4.79 Å². The maximum absolute atomic E-state index is 12.6. The van der Waals surface area contributed by atoms with Gasteiger partial charge in [0, 0.05) is 18.0 Å². The fourth-order valence-corrected chi connectivity index (χ4v) is 4.21.